The molecule has 2 fully saturated rings. The van der Waals surface area contributed by atoms with Crippen LogP contribution in [0.15, 0.2) is 10.5 Å². The lowest BCUT2D eigenvalue weighted by atomic mass is 10.2. The molecule has 1 N–H and O–H groups in total. The zero-order chi connectivity index (χ0) is 11.7. The second-order valence-corrected chi connectivity index (χ2v) is 5.46. The van der Waals surface area contributed by atoms with Crippen LogP contribution in [-0.2, 0) is 13.1 Å². The Labute approximate surface area is 103 Å². The molecule has 0 atom stereocenters. The van der Waals surface area contributed by atoms with E-state index in [0.717, 1.165) is 30.7 Å². The van der Waals surface area contributed by atoms with Crippen molar-refractivity contribution in [3.8, 4) is 0 Å². The maximum Gasteiger partial charge on any atom is 0.120 e. The van der Waals surface area contributed by atoms with Crippen LogP contribution in [-0.4, -0.2) is 24.0 Å². The molecule has 1 saturated heterocycles. The Hall–Kier alpha value is -0.800. The fourth-order valence-electron chi connectivity index (χ4n) is 2.53. The summed E-state index contributed by atoms with van der Waals surface area (Å²) in [6.07, 6.45) is 5.35. The highest BCUT2D eigenvalue weighted by Gasteiger charge is 2.21. The maximum atomic E-state index is 5.95. The summed E-state index contributed by atoms with van der Waals surface area (Å²) in [4.78, 5) is 2.48. The highest BCUT2D eigenvalue weighted by atomic mass is 16.3. The van der Waals surface area contributed by atoms with E-state index in [4.69, 9.17) is 4.42 Å². The van der Waals surface area contributed by atoms with E-state index in [1.807, 2.05) is 0 Å². The maximum absolute atomic E-state index is 5.95. The topological polar surface area (TPSA) is 28.4 Å². The third-order valence-corrected chi connectivity index (χ3v) is 3.78. The van der Waals surface area contributed by atoms with E-state index in [2.05, 4.69) is 23.2 Å². The Morgan fingerprint density at radius 2 is 2.12 bits per heavy atom. The Morgan fingerprint density at radius 3 is 2.82 bits per heavy atom. The molecule has 0 unspecified atom stereocenters. The van der Waals surface area contributed by atoms with Gasteiger partial charge in [0.05, 0.1) is 13.1 Å². The van der Waals surface area contributed by atoms with Gasteiger partial charge in [-0.1, -0.05) is 0 Å². The Balaban J connectivity index is 1.58. The van der Waals surface area contributed by atoms with Crippen molar-refractivity contribution in [3.05, 3.63) is 23.2 Å². The molecule has 2 aliphatic rings. The van der Waals surface area contributed by atoms with Crippen molar-refractivity contribution in [3.63, 3.8) is 0 Å². The van der Waals surface area contributed by atoms with Gasteiger partial charge in [0.25, 0.3) is 0 Å². The molecular weight excluding hydrogens is 212 g/mol. The van der Waals surface area contributed by atoms with Crippen molar-refractivity contribution in [1.29, 1.82) is 0 Å². The van der Waals surface area contributed by atoms with Crippen LogP contribution >= 0.6 is 0 Å². The number of rotatable bonds is 5. The van der Waals surface area contributed by atoms with Crippen LogP contribution in [0.1, 0.15) is 42.8 Å². The molecular formula is C14H22N2O. The zero-order valence-corrected chi connectivity index (χ0v) is 10.7. The average Bonchev–Trinajstić information content (AvgIpc) is 2.88. The molecule has 0 aromatic carbocycles. The van der Waals surface area contributed by atoms with E-state index in [1.54, 1.807) is 0 Å². The van der Waals surface area contributed by atoms with Gasteiger partial charge in [-0.25, -0.2) is 0 Å². The number of hydrogen-bond acceptors (Lipinski definition) is 3. The van der Waals surface area contributed by atoms with Crippen LogP contribution in [0.3, 0.4) is 0 Å². The van der Waals surface area contributed by atoms with Gasteiger partial charge in [0.1, 0.15) is 11.5 Å². The monoisotopic (exact) mass is 234 g/mol. The van der Waals surface area contributed by atoms with Gasteiger partial charge in [-0.2, -0.15) is 0 Å². The van der Waals surface area contributed by atoms with Gasteiger partial charge in [0.15, 0.2) is 0 Å². The summed E-state index contributed by atoms with van der Waals surface area (Å²) in [6, 6.07) is 2.96. The summed E-state index contributed by atoms with van der Waals surface area (Å²) in [5.74, 6) is 2.27. The minimum atomic E-state index is 0.751. The summed E-state index contributed by atoms with van der Waals surface area (Å²) in [6.45, 7) is 6.51. The lowest BCUT2D eigenvalue weighted by molar-refractivity contribution is 0.291. The van der Waals surface area contributed by atoms with Gasteiger partial charge in [-0.05, 0) is 57.3 Å². The SMILES string of the molecule is Cc1cc(CN2CCCC2)oc1CNC1CC1. The second kappa shape index (κ2) is 4.83. The molecule has 1 aliphatic heterocycles. The molecule has 0 radical (unpaired) electrons. The number of nitrogens with zero attached hydrogens (tertiary/aromatic N) is 1. The summed E-state index contributed by atoms with van der Waals surface area (Å²) in [7, 11) is 0. The van der Waals surface area contributed by atoms with Crippen LogP contribution in [0.5, 0.6) is 0 Å². The Bertz CT molecular complexity index is 376. The van der Waals surface area contributed by atoms with Crippen LogP contribution in [0.4, 0.5) is 0 Å². The lowest BCUT2D eigenvalue weighted by Gasteiger charge is -2.11. The highest BCUT2D eigenvalue weighted by Crippen LogP contribution is 2.22. The highest BCUT2D eigenvalue weighted by molar-refractivity contribution is 5.20. The lowest BCUT2D eigenvalue weighted by Crippen LogP contribution is -2.18. The molecule has 17 heavy (non-hydrogen) atoms. The number of hydrogen-bond donors (Lipinski definition) is 1. The van der Waals surface area contributed by atoms with Crippen molar-refractivity contribution in [2.45, 2.75) is 51.7 Å². The molecule has 1 saturated carbocycles. The molecule has 3 heteroatoms. The third-order valence-electron chi connectivity index (χ3n) is 3.78. The largest absolute Gasteiger partial charge is 0.463 e. The fourth-order valence-corrected chi connectivity index (χ4v) is 2.53. The van der Waals surface area contributed by atoms with Gasteiger partial charge in [-0.15, -0.1) is 0 Å². The first-order chi connectivity index (χ1) is 8.31. The van der Waals surface area contributed by atoms with E-state index >= 15 is 0 Å². The van der Waals surface area contributed by atoms with Crippen LogP contribution in [0, 0.1) is 6.92 Å². The molecule has 0 amide bonds. The van der Waals surface area contributed by atoms with E-state index in [-0.39, 0.29) is 0 Å². The number of aryl methyl sites for hydroxylation is 1. The number of likely N-dealkylation sites (tertiary alicyclic amines) is 1. The van der Waals surface area contributed by atoms with Crippen LogP contribution in [0.2, 0.25) is 0 Å². The van der Waals surface area contributed by atoms with E-state index in [9.17, 15) is 0 Å². The van der Waals surface area contributed by atoms with Gasteiger partial charge < -0.3 is 9.73 Å². The quantitative estimate of drug-likeness (QED) is 0.848. The predicted octanol–water partition coefficient (Wildman–Crippen LogP) is 2.44. The molecule has 1 aromatic rings. The number of furan rings is 1. The van der Waals surface area contributed by atoms with Crippen LogP contribution < -0.4 is 5.32 Å². The Morgan fingerprint density at radius 1 is 1.35 bits per heavy atom. The van der Waals surface area contributed by atoms with Crippen LogP contribution in [0.25, 0.3) is 0 Å². The van der Waals surface area contributed by atoms with E-state index < -0.39 is 0 Å². The van der Waals surface area contributed by atoms with Crippen molar-refractivity contribution >= 4 is 0 Å². The molecule has 94 valence electrons. The van der Waals surface area contributed by atoms with Gasteiger partial charge in [0, 0.05) is 6.04 Å². The standard InChI is InChI=1S/C14H22N2O/c1-11-8-13(10-16-6-2-3-7-16)17-14(11)9-15-12-4-5-12/h8,12,15H,2-7,9-10H2,1H3. The fraction of sp³-hybridized carbons (Fsp3) is 0.714. The summed E-state index contributed by atoms with van der Waals surface area (Å²) in [5, 5.41) is 3.51. The van der Waals surface area contributed by atoms with E-state index in [0.29, 0.717) is 0 Å². The molecule has 1 aromatic heterocycles. The first-order valence-electron chi connectivity index (χ1n) is 6.85. The summed E-state index contributed by atoms with van der Waals surface area (Å²) >= 11 is 0. The summed E-state index contributed by atoms with van der Waals surface area (Å²) < 4.78 is 5.95. The predicted molar refractivity (Wildman–Crippen MR) is 67.8 cm³/mol. The zero-order valence-electron chi connectivity index (χ0n) is 10.7. The molecule has 2 heterocycles. The molecule has 3 rings (SSSR count). The minimum absolute atomic E-state index is 0.751. The normalized spacial score (nSPS) is 21.2. The van der Waals surface area contributed by atoms with Crippen molar-refractivity contribution < 1.29 is 4.42 Å². The van der Waals surface area contributed by atoms with Crippen molar-refractivity contribution in [2.24, 2.45) is 0 Å². The summed E-state index contributed by atoms with van der Waals surface area (Å²) in [5.41, 5.74) is 1.30. The first-order valence-corrected chi connectivity index (χ1v) is 6.85. The average molecular weight is 234 g/mol. The van der Waals surface area contributed by atoms with Crippen molar-refractivity contribution in [1.82, 2.24) is 10.2 Å². The van der Waals surface area contributed by atoms with Gasteiger partial charge >= 0.3 is 0 Å². The first kappa shape index (κ1) is 11.3. The van der Waals surface area contributed by atoms with Crippen molar-refractivity contribution in [2.75, 3.05) is 13.1 Å². The molecule has 0 bridgehead atoms. The molecule has 3 nitrogen and oxygen atoms in total. The molecule has 0 spiro atoms. The van der Waals surface area contributed by atoms with Gasteiger partial charge in [0.2, 0.25) is 0 Å². The van der Waals surface area contributed by atoms with Gasteiger partial charge in [-0.3, -0.25) is 4.90 Å². The molecule has 1 aliphatic carbocycles. The second-order valence-electron chi connectivity index (χ2n) is 5.46. The Kier molecular flexibility index (Phi) is 3.21. The van der Waals surface area contributed by atoms with E-state index in [1.165, 1.54) is 44.3 Å². The smallest absolute Gasteiger partial charge is 0.120 e. The third kappa shape index (κ3) is 2.90. The number of nitrogens with one attached hydrogen (secondary N) is 1. The minimum Gasteiger partial charge on any atom is -0.463 e.